The highest BCUT2D eigenvalue weighted by Crippen LogP contribution is 2.38. The Balaban J connectivity index is 1.13. The normalized spacial score (nSPS) is 13.8. The van der Waals surface area contributed by atoms with E-state index in [1.165, 1.54) is 12.8 Å². The molecule has 10 nitrogen and oxygen atoms in total. The van der Waals surface area contributed by atoms with E-state index in [-0.39, 0.29) is 18.1 Å². The fraction of sp³-hybridized carbons (Fsp3) is 0.238. The number of aromatic nitrogens is 8. The van der Waals surface area contributed by atoms with Crippen LogP contribution in [0.4, 0.5) is 0 Å². The summed E-state index contributed by atoms with van der Waals surface area (Å²) in [4.78, 5) is 21.5. The number of carbonyl (C=O) groups excluding carboxylic acids is 1. The Labute approximate surface area is 186 Å². The molecule has 0 bridgehead atoms. The van der Waals surface area contributed by atoms with Crippen LogP contribution in [-0.4, -0.2) is 44.9 Å². The average molecular weight is 448 g/mol. The van der Waals surface area contributed by atoms with Crippen molar-refractivity contribution < 1.29 is 4.79 Å². The first-order valence-corrected chi connectivity index (χ1v) is 10.6. The van der Waals surface area contributed by atoms with Crippen molar-refractivity contribution in [3.8, 4) is 0 Å². The molecule has 1 aliphatic carbocycles. The van der Waals surface area contributed by atoms with Gasteiger partial charge in [0.05, 0.1) is 54.4 Å². The fourth-order valence-corrected chi connectivity index (χ4v) is 3.83. The molecule has 32 heavy (non-hydrogen) atoms. The molecule has 1 saturated carbocycles. The largest absolute Gasteiger partial charge is 0.345 e. The van der Waals surface area contributed by atoms with E-state index in [1.54, 1.807) is 27.8 Å². The summed E-state index contributed by atoms with van der Waals surface area (Å²) in [6, 6.07) is 7.61. The highest BCUT2D eigenvalue weighted by Gasteiger charge is 2.25. The lowest BCUT2D eigenvalue weighted by Gasteiger charge is -2.01. The van der Waals surface area contributed by atoms with Gasteiger partial charge in [-0.05, 0) is 37.1 Å². The van der Waals surface area contributed by atoms with E-state index in [1.807, 2.05) is 35.0 Å². The Morgan fingerprint density at radius 2 is 2.12 bits per heavy atom. The van der Waals surface area contributed by atoms with Crippen LogP contribution in [0.1, 0.15) is 46.3 Å². The van der Waals surface area contributed by atoms with Crippen molar-refractivity contribution in [1.82, 2.24) is 44.3 Å². The monoisotopic (exact) mass is 447 g/mol. The Kier molecular flexibility index (Phi) is 4.39. The molecule has 0 aliphatic heterocycles. The fourth-order valence-electron chi connectivity index (χ4n) is 3.67. The molecule has 0 spiro atoms. The minimum absolute atomic E-state index is 0.226. The number of halogens is 1. The van der Waals surface area contributed by atoms with Crippen molar-refractivity contribution in [3.63, 3.8) is 0 Å². The van der Waals surface area contributed by atoms with E-state index in [0.29, 0.717) is 17.5 Å². The maximum atomic E-state index is 12.5. The molecule has 1 amide bonds. The Morgan fingerprint density at radius 1 is 1.22 bits per heavy atom. The van der Waals surface area contributed by atoms with Crippen molar-refractivity contribution in [2.45, 2.75) is 31.8 Å². The number of hydrogen-bond donors (Lipinski definition) is 1. The molecular formula is C21H18ClN9O. The molecule has 11 heteroatoms. The van der Waals surface area contributed by atoms with E-state index in [0.717, 1.165) is 28.2 Å². The first-order valence-electron chi connectivity index (χ1n) is 10.3. The molecule has 0 unspecified atom stereocenters. The van der Waals surface area contributed by atoms with Gasteiger partial charge in [0.2, 0.25) is 0 Å². The standard InChI is InChI=1S/C21H18ClN9O/c22-14-5-6-29-12-24-17(19(29)7-14)8-23-21(32)18-11-30(28-26-18)9-15-10-31-20(25-15)4-3-16(27-31)13-1-2-13/h3-7,10-13H,1-2,8-9H2,(H,23,32). The van der Waals surface area contributed by atoms with Gasteiger partial charge < -0.3 is 9.72 Å². The first-order chi connectivity index (χ1) is 15.6. The van der Waals surface area contributed by atoms with Gasteiger partial charge in [-0.15, -0.1) is 5.10 Å². The van der Waals surface area contributed by atoms with Crippen LogP contribution < -0.4 is 5.32 Å². The molecular weight excluding hydrogens is 430 g/mol. The molecule has 1 fully saturated rings. The van der Waals surface area contributed by atoms with Crippen LogP contribution in [0.25, 0.3) is 11.2 Å². The van der Waals surface area contributed by atoms with Crippen molar-refractivity contribution in [2.75, 3.05) is 0 Å². The minimum atomic E-state index is -0.329. The highest BCUT2D eigenvalue weighted by molar-refractivity contribution is 6.30. The van der Waals surface area contributed by atoms with Gasteiger partial charge in [-0.25, -0.2) is 19.2 Å². The van der Waals surface area contributed by atoms with Gasteiger partial charge in [0.1, 0.15) is 0 Å². The summed E-state index contributed by atoms with van der Waals surface area (Å²) in [6.45, 7) is 0.649. The van der Waals surface area contributed by atoms with Gasteiger partial charge >= 0.3 is 0 Å². The van der Waals surface area contributed by atoms with Crippen molar-refractivity contribution in [1.29, 1.82) is 0 Å². The molecule has 0 aromatic carbocycles. The van der Waals surface area contributed by atoms with Gasteiger partial charge in [-0.3, -0.25) is 4.79 Å². The maximum Gasteiger partial charge on any atom is 0.273 e. The lowest BCUT2D eigenvalue weighted by Crippen LogP contribution is -2.23. The molecule has 5 heterocycles. The summed E-state index contributed by atoms with van der Waals surface area (Å²) in [5, 5.41) is 16.1. The SMILES string of the molecule is O=C(NCc1ncn2ccc(Cl)cc12)c1cn(Cc2cn3nc(C4CC4)ccc3n2)nn1. The minimum Gasteiger partial charge on any atom is -0.345 e. The predicted octanol–water partition coefficient (Wildman–Crippen LogP) is 2.48. The van der Waals surface area contributed by atoms with Crippen molar-refractivity contribution >= 4 is 28.7 Å². The van der Waals surface area contributed by atoms with Crippen molar-refractivity contribution in [2.24, 2.45) is 0 Å². The van der Waals surface area contributed by atoms with E-state index in [4.69, 9.17) is 11.6 Å². The van der Waals surface area contributed by atoms with Crippen LogP contribution in [0.3, 0.4) is 0 Å². The van der Waals surface area contributed by atoms with Crippen molar-refractivity contribution in [3.05, 3.63) is 77.0 Å². The molecule has 1 N–H and O–H groups in total. The number of carbonyl (C=O) groups is 1. The number of nitrogens with zero attached hydrogens (tertiary/aromatic N) is 8. The Morgan fingerprint density at radius 3 is 3.00 bits per heavy atom. The third-order valence-electron chi connectivity index (χ3n) is 5.48. The van der Waals surface area contributed by atoms with Crippen LogP contribution in [0, 0.1) is 0 Å². The summed E-state index contributed by atoms with van der Waals surface area (Å²) >= 11 is 6.07. The summed E-state index contributed by atoms with van der Waals surface area (Å²) in [7, 11) is 0. The zero-order valence-corrected chi connectivity index (χ0v) is 17.6. The quantitative estimate of drug-likeness (QED) is 0.428. The molecule has 5 aromatic heterocycles. The summed E-state index contributed by atoms with van der Waals surface area (Å²) in [5.74, 6) is 0.254. The maximum absolute atomic E-state index is 12.5. The second-order valence-corrected chi connectivity index (χ2v) is 8.32. The smallest absolute Gasteiger partial charge is 0.273 e. The first kappa shape index (κ1) is 18.9. The lowest BCUT2D eigenvalue weighted by molar-refractivity contribution is 0.0945. The summed E-state index contributed by atoms with van der Waals surface area (Å²) < 4.78 is 5.24. The third kappa shape index (κ3) is 3.58. The topological polar surface area (TPSA) is 107 Å². The molecule has 0 atom stereocenters. The highest BCUT2D eigenvalue weighted by atomic mass is 35.5. The Hall–Kier alpha value is -3.79. The van der Waals surface area contributed by atoms with Gasteiger partial charge in [0.15, 0.2) is 11.3 Å². The predicted molar refractivity (Wildman–Crippen MR) is 115 cm³/mol. The Bertz CT molecular complexity index is 1460. The molecule has 5 aromatic rings. The van der Waals surface area contributed by atoms with E-state index in [9.17, 15) is 4.79 Å². The molecule has 160 valence electrons. The van der Waals surface area contributed by atoms with Gasteiger partial charge in [0, 0.05) is 17.1 Å². The van der Waals surface area contributed by atoms with Crippen LogP contribution in [0.5, 0.6) is 0 Å². The van der Waals surface area contributed by atoms with E-state index in [2.05, 4.69) is 30.7 Å². The summed E-state index contributed by atoms with van der Waals surface area (Å²) in [6.07, 6.45) is 9.40. The number of rotatable bonds is 6. The van der Waals surface area contributed by atoms with Crippen LogP contribution >= 0.6 is 11.6 Å². The zero-order valence-electron chi connectivity index (χ0n) is 16.9. The number of imidazole rings is 2. The zero-order chi connectivity index (χ0) is 21.7. The third-order valence-corrected chi connectivity index (χ3v) is 5.71. The molecule has 1 aliphatic rings. The van der Waals surface area contributed by atoms with Crippen LogP contribution in [0.2, 0.25) is 5.02 Å². The van der Waals surface area contributed by atoms with Crippen LogP contribution in [0.15, 0.2) is 49.2 Å². The van der Waals surface area contributed by atoms with E-state index < -0.39 is 0 Å². The number of nitrogens with one attached hydrogen (secondary N) is 1. The second kappa shape index (κ2) is 7.41. The number of pyridine rings is 1. The van der Waals surface area contributed by atoms with Gasteiger partial charge in [0.25, 0.3) is 5.91 Å². The second-order valence-electron chi connectivity index (χ2n) is 7.88. The van der Waals surface area contributed by atoms with E-state index >= 15 is 0 Å². The molecule has 0 radical (unpaired) electrons. The van der Waals surface area contributed by atoms with Gasteiger partial charge in [-0.1, -0.05) is 16.8 Å². The van der Waals surface area contributed by atoms with Gasteiger partial charge in [-0.2, -0.15) is 5.10 Å². The number of fused-ring (bicyclic) bond motifs is 2. The number of amides is 1. The lowest BCUT2D eigenvalue weighted by atomic mass is 10.3. The number of hydrogen-bond acceptors (Lipinski definition) is 6. The summed E-state index contributed by atoms with van der Waals surface area (Å²) in [5.41, 5.74) is 4.47. The average Bonchev–Trinajstić information content (AvgIpc) is 3.21. The van der Waals surface area contributed by atoms with Crippen LogP contribution in [-0.2, 0) is 13.1 Å². The molecule has 0 saturated heterocycles. The molecule has 6 rings (SSSR count).